The van der Waals surface area contributed by atoms with Gasteiger partial charge in [-0.2, -0.15) is 0 Å². The van der Waals surface area contributed by atoms with Gasteiger partial charge in [-0.3, -0.25) is 9.59 Å². The third-order valence-corrected chi connectivity index (χ3v) is 4.77. The second-order valence-corrected chi connectivity index (χ2v) is 5.66. The van der Waals surface area contributed by atoms with Gasteiger partial charge in [-0.25, -0.2) is 0 Å². The highest BCUT2D eigenvalue weighted by molar-refractivity contribution is 6.12. The molecule has 110 valence electrons. The topological polar surface area (TPSA) is 81.4 Å². The molecule has 5 nitrogen and oxygen atoms in total. The number of methoxy groups -OCH3 is 1. The molecule has 0 radical (unpaired) electrons. The zero-order chi connectivity index (χ0) is 15.2. The van der Waals surface area contributed by atoms with Gasteiger partial charge in [0.15, 0.2) is 5.41 Å². The maximum atomic E-state index is 12.7. The van der Waals surface area contributed by atoms with Crippen molar-refractivity contribution < 1.29 is 14.3 Å². The highest BCUT2D eigenvalue weighted by Gasteiger charge is 2.64. The minimum Gasteiger partial charge on any atom is -0.468 e. The number of hydrogen-bond donors (Lipinski definition) is 2. The van der Waals surface area contributed by atoms with E-state index in [2.05, 4.69) is 11.9 Å². The molecule has 1 fully saturated rings. The van der Waals surface area contributed by atoms with E-state index in [0.29, 0.717) is 12.1 Å². The molecule has 2 aliphatic rings. The van der Waals surface area contributed by atoms with Crippen LogP contribution in [0.3, 0.4) is 0 Å². The third-order valence-electron chi connectivity index (χ3n) is 4.77. The van der Waals surface area contributed by atoms with Crippen LogP contribution in [0.15, 0.2) is 36.9 Å². The van der Waals surface area contributed by atoms with Gasteiger partial charge in [0.2, 0.25) is 5.91 Å². The van der Waals surface area contributed by atoms with Crippen molar-refractivity contribution in [1.29, 1.82) is 0 Å². The van der Waals surface area contributed by atoms with E-state index in [1.165, 1.54) is 7.11 Å². The van der Waals surface area contributed by atoms with Crippen LogP contribution < -0.4 is 11.1 Å². The summed E-state index contributed by atoms with van der Waals surface area (Å²) in [6.45, 7) is 3.78. The monoisotopic (exact) mass is 286 g/mol. The Labute approximate surface area is 123 Å². The van der Waals surface area contributed by atoms with Crippen molar-refractivity contribution in [3.05, 3.63) is 42.5 Å². The fourth-order valence-corrected chi connectivity index (χ4v) is 3.76. The Balaban J connectivity index is 2.23. The molecule has 5 heteroatoms. The zero-order valence-electron chi connectivity index (χ0n) is 11.8. The average molecular weight is 286 g/mol. The number of benzene rings is 1. The average Bonchev–Trinajstić information content (AvgIpc) is 2.81. The number of rotatable bonds is 2. The summed E-state index contributed by atoms with van der Waals surface area (Å²) in [5, 5.41) is 2.82. The number of fused-ring (bicyclic) bond motifs is 3. The van der Waals surface area contributed by atoms with Crippen molar-refractivity contribution in [2.24, 2.45) is 17.1 Å². The fourth-order valence-electron chi connectivity index (χ4n) is 3.76. The van der Waals surface area contributed by atoms with E-state index in [-0.39, 0.29) is 17.9 Å². The number of nitrogens with two attached hydrogens (primary N) is 1. The summed E-state index contributed by atoms with van der Waals surface area (Å²) in [6.07, 6.45) is 2.05. The fraction of sp³-hybridized carbons (Fsp3) is 0.375. The van der Waals surface area contributed by atoms with Gasteiger partial charge >= 0.3 is 5.97 Å². The normalized spacial score (nSPS) is 33.6. The van der Waals surface area contributed by atoms with Gasteiger partial charge in [-0.05, 0) is 24.0 Å². The van der Waals surface area contributed by atoms with Crippen LogP contribution in [0.25, 0.3) is 0 Å². The molecule has 4 atom stereocenters. The molecular formula is C16H18N2O3. The number of hydrogen-bond acceptors (Lipinski definition) is 4. The van der Waals surface area contributed by atoms with E-state index < -0.39 is 17.3 Å². The minimum absolute atomic E-state index is 0.106. The second-order valence-electron chi connectivity index (χ2n) is 5.66. The first-order valence-electron chi connectivity index (χ1n) is 6.93. The summed E-state index contributed by atoms with van der Waals surface area (Å²) in [5.74, 6) is -1.36. The maximum absolute atomic E-state index is 12.7. The van der Waals surface area contributed by atoms with Crippen LogP contribution in [0.5, 0.6) is 0 Å². The van der Waals surface area contributed by atoms with Gasteiger partial charge in [0.25, 0.3) is 0 Å². The summed E-state index contributed by atoms with van der Waals surface area (Å²) in [4.78, 5) is 25.1. The standard InChI is InChI=1S/C16H18N2O3/c1-3-9-8-16(15(20)21-2)12(13(9)17)10-6-4-5-7-11(10)18-14(16)19/h3-7,9,12-13H,1,8,17H2,2H3,(H,18,19)/t9-,12+,13-,16+/m0/s1. The van der Waals surface area contributed by atoms with Gasteiger partial charge in [-0.15, -0.1) is 6.58 Å². The van der Waals surface area contributed by atoms with E-state index in [9.17, 15) is 9.59 Å². The lowest BCUT2D eigenvalue weighted by atomic mass is 9.70. The van der Waals surface area contributed by atoms with Crippen LogP contribution in [0.2, 0.25) is 0 Å². The summed E-state index contributed by atoms with van der Waals surface area (Å²) < 4.78 is 4.93. The first-order chi connectivity index (χ1) is 10.1. The third kappa shape index (κ3) is 1.67. The predicted molar refractivity (Wildman–Crippen MR) is 78.5 cm³/mol. The van der Waals surface area contributed by atoms with E-state index in [1.54, 1.807) is 6.08 Å². The molecule has 0 aromatic heterocycles. The molecular weight excluding hydrogens is 268 g/mol. The Kier molecular flexibility index (Phi) is 3.10. The molecule has 0 unspecified atom stereocenters. The molecule has 3 rings (SSSR count). The van der Waals surface area contributed by atoms with E-state index in [4.69, 9.17) is 10.5 Å². The molecule has 21 heavy (non-hydrogen) atoms. The Morgan fingerprint density at radius 3 is 2.90 bits per heavy atom. The number of anilines is 1. The van der Waals surface area contributed by atoms with Gasteiger partial charge < -0.3 is 15.8 Å². The van der Waals surface area contributed by atoms with Crippen molar-refractivity contribution in [1.82, 2.24) is 0 Å². The zero-order valence-corrected chi connectivity index (χ0v) is 11.8. The summed E-state index contributed by atoms with van der Waals surface area (Å²) in [6, 6.07) is 7.11. The summed E-state index contributed by atoms with van der Waals surface area (Å²) in [5.41, 5.74) is 6.68. The molecule has 1 saturated carbocycles. The number of carbonyl (C=O) groups is 2. The molecule has 1 aliphatic carbocycles. The SMILES string of the molecule is C=C[C@H]1C[C@]2(C(=O)OC)C(=O)Nc3ccccc3[C@@H]2[C@H]1N. The molecule has 0 saturated heterocycles. The largest absolute Gasteiger partial charge is 0.468 e. The lowest BCUT2D eigenvalue weighted by molar-refractivity contribution is -0.158. The Morgan fingerprint density at radius 1 is 1.52 bits per heavy atom. The van der Waals surface area contributed by atoms with Crippen molar-refractivity contribution in [3.63, 3.8) is 0 Å². The summed E-state index contributed by atoms with van der Waals surface area (Å²) in [7, 11) is 1.30. The molecule has 0 spiro atoms. The number of esters is 1. The second kappa shape index (κ2) is 4.70. The highest BCUT2D eigenvalue weighted by atomic mass is 16.5. The van der Waals surface area contributed by atoms with Gasteiger partial charge in [0, 0.05) is 17.6 Å². The number of ether oxygens (including phenoxy) is 1. The molecule has 0 bridgehead atoms. The maximum Gasteiger partial charge on any atom is 0.322 e. The van der Waals surface area contributed by atoms with Gasteiger partial charge in [0.1, 0.15) is 0 Å². The van der Waals surface area contributed by atoms with Crippen molar-refractivity contribution in [2.45, 2.75) is 18.4 Å². The molecule has 1 aliphatic heterocycles. The number of para-hydroxylation sites is 1. The van der Waals surface area contributed by atoms with Crippen LogP contribution in [0, 0.1) is 11.3 Å². The van der Waals surface area contributed by atoms with Crippen LogP contribution in [0.1, 0.15) is 17.9 Å². The molecule has 3 N–H and O–H groups in total. The van der Waals surface area contributed by atoms with Crippen molar-refractivity contribution >= 4 is 17.6 Å². The lowest BCUT2D eigenvalue weighted by Gasteiger charge is -2.38. The van der Waals surface area contributed by atoms with E-state index >= 15 is 0 Å². The first kappa shape index (κ1) is 13.8. The molecule has 1 heterocycles. The van der Waals surface area contributed by atoms with Gasteiger partial charge in [-0.1, -0.05) is 24.3 Å². The van der Waals surface area contributed by atoms with E-state index in [0.717, 1.165) is 5.56 Å². The lowest BCUT2D eigenvalue weighted by Crippen LogP contribution is -2.51. The smallest absolute Gasteiger partial charge is 0.322 e. The predicted octanol–water partition coefficient (Wildman–Crippen LogP) is 1.41. The summed E-state index contributed by atoms with van der Waals surface area (Å²) >= 11 is 0. The van der Waals surface area contributed by atoms with Crippen LogP contribution in [0.4, 0.5) is 5.69 Å². The molecule has 1 aromatic carbocycles. The highest BCUT2D eigenvalue weighted by Crippen LogP contribution is 2.56. The Morgan fingerprint density at radius 2 is 2.24 bits per heavy atom. The first-order valence-corrected chi connectivity index (χ1v) is 6.93. The Bertz CT molecular complexity index is 628. The van der Waals surface area contributed by atoms with Crippen molar-refractivity contribution in [2.75, 3.05) is 12.4 Å². The minimum atomic E-state index is -1.26. The van der Waals surface area contributed by atoms with Crippen LogP contribution in [-0.4, -0.2) is 25.0 Å². The number of carbonyl (C=O) groups excluding carboxylic acids is 2. The number of amides is 1. The van der Waals surface area contributed by atoms with Crippen LogP contribution >= 0.6 is 0 Å². The van der Waals surface area contributed by atoms with E-state index in [1.807, 2.05) is 24.3 Å². The molecule has 1 aromatic rings. The van der Waals surface area contributed by atoms with Gasteiger partial charge in [0.05, 0.1) is 7.11 Å². The Hall–Kier alpha value is -2.14. The number of nitrogens with one attached hydrogen (secondary N) is 1. The quantitative estimate of drug-likeness (QED) is 0.489. The molecule has 1 amide bonds. The van der Waals surface area contributed by atoms with Crippen LogP contribution in [-0.2, 0) is 14.3 Å². The van der Waals surface area contributed by atoms with Crippen molar-refractivity contribution in [3.8, 4) is 0 Å².